The Morgan fingerprint density at radius 1 is 1.32 bits per heavy atom. The third kappa shape index (κ3) is 2.21. The molecule has 2 aliphatic heterocycles. The van der Waals surface area contributed by atoms with Gasteiger partial charge in [-0.25, -0.2) is 0 Å². The molecule has 2 fully saturated rings. The smallest absolute Gasteiger partial charge is 0.256 e. The number of nitrogen functional groups attached to an aromatic ring is 1. The van der Waals surface area contributed by atoms with Crippen molar-refractivity contribution in [3.8, 4) is 0 Å². The highest BCUT2D eigenvalue weighted by atomic mass is 16.2. The van der Waals surface area contributed by atoms with Crippen molar-refractivity contribution in [2.24, 2.45) is 0 Å². The van der Waals surface area contributed by atoms with Crippen LogP contribution in [0.5, 0.6) is 0 Å². The van der Waals surface area contributed by atoms with Crippen LogP contribution in [-0.4, -0.2) is 47.9 Å². The maximum Gasteiger partial charge on any atom is 0.256 e. The standard InChI is InChI=1S/C15H21N3O/c1-11-4-2-6-13(16)14(11)15(19)18-9-8-17-7-3-5-12(17)10-18/h2,4,6,12H,3,5,7-10,16H2,1H3. The van der Waals surface area contributed by atoms with Gasteiger partial charge in [0.2, 0.25) is 0 Å². The van der Waals surface area contributed by atoms with E-state index >= 15 is 0 Å². The molecule has 2 aliphatic rings. The minimum atomic E-state index is 0.0992. The average molecular weight is 259 g/mol. The highest BCUT2D eigenvalue weighted by molar-refractivity contribution is 6.00. The number of carbonyl (C=O) groups excluding carboxylic acids is 1. The van der Waals surface area contributed by atoms with Gasteiger partial charge in [-0.2, -0.15) is 0 Å². The number of nitrogens with two attached hydrogens (primary N) is 1. The molecule has 0 radical (unpaired) electrons. The van der Waals surface area contributed by atoms with Gasteiger partial charge in [-0.15, -0.1) is 0 Å². The Morgan fingerprint density at radius 3 is 2.95 bits per heavy atom. The molecule has 0 saturated carbocycles. The number of fused-ring (bicyclic) bond motifs is 1. The van der Waals surface area contributed by atoms with E-state index < -0.39 is 0 Å². The molecule has 1 aromatic carbocycles. The van der Waals surface area contributed by atoms with Gasteiger partial charge in [0.25, 0.3) is 5.91 Å². The largest absolute Gasteiger partial charge is 0.398 e. The van der Waals surface area contributed by atoms with Crippen molar-refractivity contribution in [1.29, 1.82) is 0 Å². The maximum atomic E-state index is 12.7. The summed E-state index contributed by atoms with van der Waals surface area (Å²) in [7, 11) is 0. The molecule has 0 bridgehead atoms. The third-order valence-corrected chi connectivity index (χ3v) is 4.39. The molecule has 2 saturated heterocycles. The molecule has 1 atom stereocenters. The monoisotopic (exact) mass is 259 g/mol. The van der Waals surface area contributed by atoms with Gasteiger partial charge in [-0.1, -0.05) is 12.1 Å². The summed E-state index contributed by atoms with van der Waals surface area (Å²) in [5.41, 5.74) is 8.23. The molecule has 4 nitrogen and oxygen atoms in total. The molecular weight excluding hydrogens is 238 g/mol. The first-order valence-electron chi connectivity index (χ1n) is 7.05. The maximum absolute atomic E-state index is 12.7. The number of nitrogens with zero attached hydrogens (tertiary/aromatic N) is 2. The molecule has 2 heterocycles. The van der Waals surface area contributed by atoms with Crippen molar-refractivity contribution in [2.45, 2.75) is 25.8 Å². The summed E-state index contributed by atoms with van der Waals surface area (Å²) in [6, 6.07) is 6.22. The number of hydrogen-bond donors (Lipinski definition) is 1. The second-order valence-electron chi connectivity index (χ2n) is 5.62. The van der Waals surface area contributed by atoms with Gasteiger partial charge in [0, 0.05) is 31.4 Å². The quantitative estimate of drug-likeness (QED) is 0.778. The lowest BCUT2D eigenvalue weighted by Gasteiger charge is -2.37. The van der Waals surface area contributed by atoms with Gasteiger partial charge in [0.1, 0.15) is 0 Å². The van der Waals surface area contributed by atoms with Crippen molar-refractivity contribution >= 4 is 11.6 Å². The Bertz CT molecular complexity index is 480. The molecule has 19 heavy (non-hydrogen) atoms. The Kier molecular flexibility index (Phi) is 3.19. The van der Waals surface area contributed by atoms with E-state index in [1.165, 1.54) is 19.4 Å². The van der Waals surface area contributed by atoms with Gasteiger partial charge in [-0.05, 0) is 37.9 Å². The number of aryl methyl sites for hydroxylation is 1. The highest BCUT2D eigenvalue weighted by Gasteiger charge is 2.33. The number of piperazine rings is 1. The van der Waals surface area contributed by atoms with Gasteiger partial charge in [0.05, 0.1) is 5.56 Å². The second kappa shape index (κ2) is 4.85. The minimum Gasteiger partial charge on any atom is -0.398 e. The Hall–Kier alpha value is -1.55. The predicted octanol–water partition coefficient (Wildman–Crippen LogP) is 1.50. The van der Waals surface area contributed by atoms with Crippen LogP contribution in [0, 0.1) is 6.92 Å². The van der Waals surface area contributed by atoms with E-state index in [0.29, 0.717) is 17.3 Å². The minimum absolute atomic E-state index is 0.0992. The summed E-state index contributed by atoms with van der Waals surface area (Å²) in [5.74, 6) is 0.0992. The zero-order valence-electron chi connectivity index (χ0n) is 11.4. The molecule has 1 unspecified atom stereocenters. The van der Waals surface area contributed by atoms with E-state index in [9.17, 15) is 4.79 Å². The van der Waals surface area contributed by atoms with E-state index in [1.807, 2.05) is 30.0 Å². The van der Waals surface area contributed by atoms with E-state index in [-0.39, 0.29) is 5.91 Å². The van der Waals surface area contributed by atoms with E-state index in [2.05, 4.69) is 4.90 Å². The van der Waals surface area contributed by atoms with Gasteiger partial charge in [0.15, 0.2) is 0 Å². The molecule has 2 N–H and O–H groups in total. The van der Waals surface area contributed by atoms with Crippen LogP contribution in [0.1, 0.15) is 28.8 Å². The van der Waals surface area contributed by atoms with Crippen LogP contribution in [0.15, 0.2) is 18.2 Å². The van der Waals surface area contributed by atoms with Crippen molar-refractivity contribution in [2.75, 3.05) is 31.9 Å². The molecule has 0 aliphatic carbocycles. The van der Waals surface area contributed by atoms with Gasteiger partial charge < -0.3 is 10.6 Å². The highest BCUT2D eigenvalue weighted by Crippen LogP contribution is 2.24. The van der Waals surface area contributed by atoms with E-state index in [0.717, 1.165) is 25.2 Å². The Morgan fingerprint density at radius 2 is 2.16 bits per heavy atom. The van der Waals surface area contributed by atoms with Gasteiger partial charge in [-0.3, -0.25) is 9.69 Å². The fraction of sp³-hybridized carbons (Fsp3) is 0.533. The van der Waals surface area contributed by atoms with Crippen LogP contribution in [0.25, 0.3) is 0 Å². The summed E-state index contributed by atoms with van der Waals surface area (Å²) < 4.78 is 0. The van der Waals surface area contributed by atoms with Gasteiger partial charge >= 0.3 is 0 Å². The third-order valence-electron chi connectivity index (χ3n) is 4.39. The van der Waals surface area contributed by atoms with Crippen molar-refractivity contribution < 1.29 is 4.79 Å². The molecule has 1 aromatic rings. The molecule has 0 spiro atoms. The van der Waals surface area contributed by atoms with Crippen LogP contribution >= 0.6 is 0 Å². The van der Waals surface area contributed by atoms with Crippen LogP contribution < -0.4 is 5.73 Å². The predicted molar refractivity (Wildman–Crippen MR) is 76.1 cm³/mol. The van der Waals surface area contributed by atoms with Crippen molar-refractivity contribution in [3.05, 3.63) is 29.3 Å². The van der Waals surface area contributed by atoms with Crippen LogP contribution in [0.4, 0.5) is 5.69 Å². The summed E-state index contributed by atoms with van der Waals surface area (Å²) in [5, 5.41) is 0. The van der Waals surface area contributed by atoms with Crippen LogP contribution in [0.2, 0.25) is 0 Å². The molecule has 102 valence electrons. The number of amides is 1. The summed E-state index contributed by atoms with van der Waals surface area (Å²) in [4.78, 5) is 17.1. The van der Waals surface area contributed by atoms with E-state index in [1.54, 1.807) is 0 Å². The molecule has 3 rings (SSSR count). The number of anilines is 1. The first kappa shape index (κ1) is 12.5. The van der Waals surface area contributed by atoms with Crippen LogP contribution in [0.3, 0.4) is 0 Å². The second-order valence-corrected chi connectivity index (χ2v) is 5.62. The zero-order chi connectivity index (χ0) is 13.4. The molecule has 4 heteroatoms. The fourth-order valence-corrected chi connectivity index (χ4v) is 3.32. The lowest BCUT2D eigenvalue weighted by Crippen LogP contribution is -2.52. The fourth-order valence-electron chi connectivity index (χ4n) is 3.32. The average Bonchev–Trinajstić information content (AvgIpc) is 2.85. The summed E-state index contributed by atoms with van der Waals surface area (Å²) in [6.07, 6.45) is 2.48. The first-order chi connectivity index (χ1) is 9.16. The molecule has 1 amide bonds. The molecule has 0 aromatic heterocycles. The van der Waals surface area contributed by atoms with Crippen LogP contribution in [-0.2, 0) is 0 Å². The topological polar surface area (TPSA) is 49.6 Å². The number of benzene rings is 1. The SMILES string of the molecule is Cc1cccc(N)c1C(=O)N1CCN2CCCC2C1. The van der Waals surface area contributed by atoms with Crippen molar-refractivity contribution in [3.63, 3.8) is 0 Å². The Labute approximate surface area is 114 Å². The summed E-state index contributed by atoms with van der Waals surface area (Å²) >= 11 is 0. The van der Waals surface area contributed by atoms with E-state index in [4.69, 9.17) is 5.73 Å². The Balaban J connectivity index is 1.81. The lowest BCUT2D eigenvalue weighted by molar-refractivity contribution is 0.0571. The zero-order valence-corrected chi connectivity index (χ0v) is 11.4. The normalized spacial score (nSPS) is 23.4. The number of rotatable bonds is 1. The number of hydrogen-bond acceptors (Lipinski definition) is 3. The number of carbonyl (C=O) groups is 1. The molecular formula is C15H21N3O. The lowest BCUT2D eigenvalue weighted by atomic mass is 10.0. The van der Waals surface area contributed by atoms with Crippen molar-refractivity contribution in [1.82, 2.24) is 9.80 Å². The summed E-state index contributed by atoms with van der Waals surface area (Å²) in [6.45, 7) is 5.83. The first-order valence-corrected chi connectivity index (χ1v) is 7.05.